The van der Waals surface area contributed by atoms with Crippen LogP contribution in [0.25, 0.3) is 0 Å². The van der Waals surface area contributed by atoms with Gasteiger partial charge in [0.1, 0.15) is 0 Å². The lowest BCUT2D eigenvalue weighted by molar-refractivity contribution is -0.141. The van der Waals surface area contributed by atoms with Gasteiger partial charge < -0.3 is 20.8 Å². The smallest absolute Gasteiger partial charge is 0.315 e. The quantitative estimate of drug-likeness (QED) is 0.486. The average Bonchev–Trinajstić information content (AvgIpc) is 2.13. The number of nitrogens with one attached hydrogen (secondary N) is 2. The standard InChI is InChI=1S/C10H18N2O4/c1-4-7(2)12-9(15)11-6-10(3,16)5-8(13)14/h4,7,16H,1,5-6H2,2-3H3,(H,13,14)(H2,11,12,15). The molecule has 0 saturated heterocycles. The summed E-state index contributed by atoms with van der Waals surface area (Å²) in [6, 6.07) is -0.664. The Morgan fingerprint density at radius 2 is 2.12 bits per heavy atom. The summed E-state index contributed by atoms with van der Waals surface area (Å²) in [4.78, 5) is 21.6. The van der Waals surface area contributed by atoms with Gasteiger partial charge in [-0.25, -0.2) is 4.79 Å². The number of carboxylic acids is 1. The molecule has 0 aromatic heterocycles. The van der Waals surface area contributed by atoms with Crippen LogP contribution in [0.5, 0.6) is 0 Å². The van der Waals surface area contributed by atoms with E-state index in [4.69, 9.17) is 5.11 Å². The lowest BCUT2D eigenvalue weighted by Gasteiger charge is -2.22. The van der Waals surface area contributed by atoms with Gasteiger partial charge in [0.05, 0.1) is 12.0 Å². The van der Waals surface area contributed by atoms with E-state index in [1.54, 1.807) is 13.0 Å². The molecule has 2 amide bonds. The van der Waals surface area contributed by atoms with Crippen molar-refractivity contribution in [1.82, 2.24) is 10.6 Å². The second kappa shape index (κ2) is 6.12. The molecular weight excluding hydrogens is 212 g/mol. The molecule has 92 valence electrons. The molecule has 0 spiro atoms. The first kappa shape index (κ1) is 14.4. The first-order valence-electron chi connectivity index (χ1n) is 4.88. The van der Waals surface area contributed by atoms with E-state index < -0.39 is 24.0 Å². The third-order valence-corrected chi connectivity index (χ3v) is 1.87. The molecular formula is C10H18N2O4. The van der Waals surface area contributed by atoms with Crippen LogP contribution in [0.3, 0.4) is 0 Å². The third-order valence-electron chi connectivity index (χ3n) is 1.87. The zero-order valence-corrected chi connectivity index (χ0v) is 9.49. The summed E-state index contributed by atoms with van der Waals surface area (Å²) in [5.74, 6) is -1.12. The lowest BCUT2D eigenvalue weighted by atomic mass is 10.0. The van der Waals surface area contributed by atoms with E-state index in [2.05, 4.69) is 17.2 Å². The van der Waals surface area contributed by atoms with Crippen molar-refractivity contribution < 1.29 is 19.8 Å². The van der Waals surface area contributed by atoms with Gasteiger partial charge >= 0.3 is 12.0 Å². The topological polar surface area (TPSA) is 98.7 Å². The van der Waals surface area contributed by atoms with Crippen molar-refractivity contribution in [1.29, 1.82) is 0 Å². The summed E-state index contributed by atoms with van der Waals surface area (Å²) in [6.45, 7) is 6.45. The molecule has 2 unspecified atom stereocenters. The molecule has 0 aliphatic heterocycles. The average molecular weight is 230 g/mol. The maximum absolute atomic E-state index is 11.2. The molecule has 0 fully saturated rings. The van der Waals surface area contributed by atoms with Crippen LogP contribution in [0.15, 0.2) is 12.7 Å². The molecule has 0 heterocycles. The van der Waals surface area contributed by atoms with Crippen LogP contribution in [-0.4, -0.2) is 40.4 Å². The van der Waals surface area contributed by atoms with Crippen molar-refractivity contribution in [3.8, 4) is 0 Å². The van der Waals surface area contributed by atoms with E-state index in [9.17, 15) is 14.7 Å². The highest BCUT2D eigenvalue weighted by Gasteiger charge is 2.24. The maximum Gasteiger partial charge on any atom is 0.315 e. The van der Waals surface area contributed by atoms with Gasteiger partial charge in [-0.1, -0.05) is 6.08 Å². The largest absolute Gasteiger partial charge is 0.481 e. The van der Waals surface area contributed by atoms with Gasteiger partial charge in [-0.05, 0) is 13.8 Å². The van der Waals surface area contributed by atoms with Crippen molar-refractivity contribution in [2.45, 2.75) is 31.9 Å². The highest BCUT2D eigenvalue weighted by atomic mass is 16.4. The van der Waals surface area contributed by atoms with Crippen LogP contribution >= 0.6 is 0 Å². The van der Waals surface area contributed by atoms with Crippen molar-refractivity contribution in [3.63, 3.8) is 0 Å². The predicted octanol–water partition coefficient (Wildman–Crippen LogP) is 0.0858. The Morgan fingerprint density at radius 3 is 2.56 bits per heavy atom. The maximum atomic E-state index is 11.2. The zero-order chi connectivity index (χ0) is 12.8. The van der Waals surface area contributed by atoms with Crippen molar-refractivity contribution >= 4 is 12.0 Å². The fraction of sp³-hybridized carbons (Fsp3) is 0.600. The summed E-state index contributed by atoms with van der Waals surface area (Å²) < 4.78 is 0. The Balaban J connectivity index is 3.99. The second-order valence-corrected chi connectivity index (χ2v) is 3.92. The minimum atomic E-state index is -1.46. The van der Waals surface area contributed by atoms with Crippen LogP contribution in [0.1, 0.15) is 20.3 Å². The minimum Gasteiger partial charge on any atom is -0.481 e. The summed E-state index contributed by atoms with van der Waals surface area (Å²) in [5, 5.41) is 23.0. The predicted molar refractivity (Wildman–Crippen MR) is 59.1 cm³/mol. The highest BCUT2D eigenvalue weighted by Crippen LogP contribution is 2.06. The van der Waals surface area contributed by atoms with Crippen LogP contribution in [-0.2, 0) is 4.79 Å². The van der Waals surface area contributed by atoms with Crippen LogP contribution < -0.4 is 10.6 Å². The van der Waals surface area contributed by atoms with Gasteiger partial charge in [0, 0.05) is 12.6 Å². The van der Waals surface area contributed by atoms with Crippen molar-refractivity contribution in [2.24, 2.45) is 0 Å². The van der Waals surface area contributed by atoms with Gasteiger partial charge in [0.25, 0.3) is 0 Å². The number of hydrogen-bond acceptors (Lipinski definition) is 3. The van der Waals surface area contributed by atoms with E-state index in [1.165, 1.54) is 6.92 Å². The van der Waals surface area contributed by atoms with Crippen molar-refractivity contribution in [2.75, 3.05) is 6.54 Å². The Hall–Kier alpha value is -1.56. The van der Waals surface area contributed by atoms with E-state index in [0.717, 1.165) is 0 Å². The molecule has 0 rings (SSSR count). The number of aliphatic hydroxyl groups is 1. The number of aliphatic carboxylic acids is 1. The summed E-state index contributed by atoms with van der Waals surface area (Å²) in [7, 11) is 0. The second-order valence-electron chi connectivity index (χ2n) is 3.92. The summed E-state index contributed by atoms with van der Waals surface area (Å²) in [6.07, 6.45) is 1.12. The Labute approximate surface area is 94.3 Å². The minimum absolute atomic E-state index is 0.130. The molecule has 6 nitrogen and oxygen atoms in total. The van der Waals surface area contributed by atoms with Crippen LogP contribution in [0.2, 0.25) is 0 Å². The third kappa shape index (κ3) is 6.83. The summed E-state index contributed by atoms with van der Waals surface area (Å²) >= 11 is 0. The van der Waals surface area contributed by atoms with Crippen LogP contribution in [0, 0.1) is 0 Å². The first-order chi connectivity index (χ1) is 7.26. The highest BCUT2D eigenvalue weighted by molar-refractivity contribution is 5.74. The molecule has 16 heavy (non-hydrogen) atoms. The molecule has 4 N–H and O–H groups in total. The zero-order valence-electron chi connectivity index (χ0n) is 9.49. The molecule has 0 aliphatic carbocycles. The molecule has 2 atom stereocenters. The SMILES string of the molecule is C=CC(C)NC(=O)NCC(C)(O)CC(=O)O. The van der Waals surface area contributed by atoms with E-state index >= 15 is 0 Å². The normalized spacial score (nSPS) is 15.7. The first-order valence-corrected chi connectivity index (χ1v) is 4.88. The van der Waals surface area contributed by atoms with Crippen LogP contribution in [0.4, 0.5) is 4.79 Å². The Kier molecular flexibility index (Phi) is 5.52. The van der Waals surface area contributed by atoms with E-state index in [0.29, 0.717) is 0 Å². The van der Waals surface area contributed by atoms with Gasteiger partial charge in [-0.3, -0.25) is 4.79 Å². The molecule has 0 saturated carbocycles. The number of amides is 2. The summed E-state index contributed by atoms with van der Waals surface area (Å²) in [5.41, 5.74) is -1.46. The fourth-order valence-corrected chi connectivity index (χ4v) is 0.976. The number of rotatable bonds is 6. The number of carboxylic acid groups (broad SMARTS) is 1. The monoisotopic (exact) mass is 230 g/mol. The molecule has 0 aliphatic rings. The molecule has 0 bridgehead atoms. The van der Waals surface area contributed by atoms with Gasteiger partial charge in [0.2, 0.25) is 0 Å². The molecule has 0 aromatic carbocycles. The number of carbonyl (C=O) groups excluding carboxylic acids is 1. The number of hydrogen-bond donors (Lipinski definition) is 4. The number of urea groups is 1. The van der Waals surface area contributed by atoms with Gasteiger partial charge in [-0.2, -0.15) is 0 Å². The van der Waals surface area contributed by atoms with E-state index in [1.807, 2.05) is 0 Å². The Bertz CT molecular complexity index is 276. The molecule has 6 heteroatoms. The fourth-order valence-electron chi connectivity index (χ4n) is 0.976. The van der Waals surface area contributed by atoms with Gasteiger partial charge in [0.15, 0.2) is 0 Å². The number of carbonyl (C=O) groups is 2. The van der Waals surface area contributed by atoms with Gasteiger partial charge in [-0.15, -0.1) is 6.58 Å². The Morgan fingerprint density at radius 1 is 1.56 bits per heavy atom. The lowest BCUT2D eigenvalue weighted by Crippen LogP contribution is -2.47. The molecule has 0 radical (unpaired) electrons. The molecule has 0 aromatic rings. The van der Waals surface area contributed by atoms with Crippen molar-refractivity contribution in [3.05, 3.63) is 12.7 Å². The van der Waals surface area contributed by atoms with E-state index in [-0.39, 0.29) is 12.6 Å².